The van der Waals surface area contributed by atoms with E-state index in [0.717, 1.165) is 35.8 Å². The lowest BCUT2D eigenvalue weighted by molar-refractivity contribution is 0.170. The average Bonchev–Trinajstić information content (AvgIpc) is 3.23. The van der Waals surface area contributed by atoms with Gasteiger partial charge in [0.2, 0.25) is 0 Å². The van der Waals surface area contributed by atoms with Crippen molar-refractivity contribution < 1.29 is 9.47 Å². The number of rotatable bonds is 4. The van der Waals surface area contributed by atoms with Crippen LogP contribution in [0, 0.1) is 0 Å². The van der Waals surface area contributed by atoms with Gasteiger partial charge < -0.3 is 9.47 Å². The lowest BCUT2D eigenvalue weighted by atomic mass is 10.0. The molecule has 2 aromatic carbocycles. The topological polar surface area (TPSA) is 47.5 Å². The zero-order valence-electron chi connectivity index (χ0n) is 15.8. The molecule has 1 fully saturated rings. The number of hydrogen-bond donors (Lipinski definition) is 0. The molecule has 5 rings (SSSR count). The number of nitrogens with zero attached hydrogens (tertiary/aromatic N) is 3. The van der Waals surface area contributed by atoms with Crippen molar-refractivity contribution in [1.82, 2.24) is 15.1 Å². The summed E-state index contributed by atoms with van der Waals surface area (Å²) in [6.07, 6.45) is 4.09. The maximum absolute atomic E-state index is 5.78. The third-order valence-electron chi connectivity index (χ3n) is 5.52. The van der Waals surface area contributed by atoms with Crippen LogP contribution >= 0.6 is 0 Å². The molecule has 3 heterocycles. The van der Waals surface area contributed by atoms with Crippen molar-refractivity contribution in [2.24, 2.45) is 0 Å². The van der Waals surface area contributed by atoms with Gasteiger partial charge in [-0.3, -0.25) is 4.90 Å². The van der Waals surface area contributed by atoms with E-state index in [1.165, 1.54) is 24.0 Å². The van der Waals surface area contributed by atoms with Crippen LogP contribution in [0.25, 0.3) is 11.3 Å². The van der Waals surface area contributed by atoms with Crippen molar-refractivity contribution in [2.75, 3.05) is 19.8 Å². The molecule has 0 unspecified atom stereocenters. The Labute approximate surface area is 164 Å². The van der Waals surface area contributed by atoms with Gasteiger partial charge in [0.15, 0.2) is 11.5 Å². The molecule has 0 radical (unpaired) electrons. The molecule has 3 aromatic rings. The third kappa shape index (κ3) is 3.45. The van der Waals surface area contributed by atoms with Gasteiger partial charge >= 0.3 is 0 Å². The second kappa shape index (κ2) is 7.60. The molecule has 0 amide bonds. The lowest BCUT2D eigenvalue weighted by Gasteiger charge is -2.26. The summed E-state index contributed by atoms with van der Waals surface area (Å²) in [5.74, 6) is 1.74. The fourth-order valence-corrected chi connectivity index (χ4v) is 4.13. The number of likely N-dealkylation sites (tertiary alicyclic amines) is 1. The summed E-state index contributed by atoms with van der Waals surface area (Å²) in [6, 6.07) is 19.4. The summed E-state index contributed by atoms with van der Waals surface area (Å²) >= 11 is 0. The van der Waals surface area contributed by atoms with E-state index in [0.29, 0.717) is 19.3 Å². The van der Waals surface area contributed by atoms with Crippen molar-refractivity contribution >= 4 is 0 Å². The summed E-state index contributed by atoms with van der Waals surface area (Å²) in [5, 5.41) is 8.15. The number of aromatic nitrogens is 2. The van der Waals surface area contributed by atoms with Crippen LogP contribution in [0.2, 0.25) is 0 Å². The van der Waals surface area contributed by atoms with Crippen LogP contribution in [-0.4, -0.2) is 34.9 Å². The van der Waals surface area contributed by atoms with Gasteiger partial charge in [-0.15, -0.1) is 0 Å². The molecular formula is C23H23N3O2. The van der Waals surface area contributed by atoms with Crippen LogP contribution in [0.3, 0.4) is 0 Å². The van der Waals surface area contributed by atoms with Crippen LogP contribution in [0.4, 0.5) is 0 Å². The van der Waals surface area contributed by atoms with E-state index >= 15 is 0 Å². The standard InChI is InChI=1S/C23H23N3O2/c1-3-20(25-24-11-1)18-7-5-17(6-8-18)16-26-12-2-4-21(26)19-9-10-22-23(15-19)28-14-13-27-22/h1,3,5-11,15,21H,2,4,12-14,16H2/t21-/m1/s1. The maximum atomic E-state index is 5.78. The molecular weight excluding hydrogens is 350 g/mol. The Balaban J connectivity index is 1.32. The first-order chi connectivity index (χ1) is 13.9. The van der Waals surface area contributed by atoms with Gasteiger partial charge in [-0.25, -0.2) is 0 Å². The average molecular weight is 373 g/mol. The molecule has 0 spiro atoms. The van der Waals surface area contributed by atoms with Gasteiger partial charge in [0, 0.05) is 24.3 Å². The Morgan fingerprint density at radius 2 is 1.82 bits per heavy atom. The highest BCUT2D eigenvalue weighted by atomic mass is 16.6. The van der Waals surface area contributed by atoms with Gasteiger partial charge in [0.05, 0.1) is 5.69 Å². The molecule has 5 nitrogen and oxygen atoms in total. The second-order valence-corrected chi connectivity index (χ2v) is 7.34. The van der Waals surface area contributed by atoms with Crippen molar-refractivity contribution in [2.45, 2.75) is 25.4 Å². The summed E-state index contributed by atoms with van der Waals surface area (Å²) < 4.78 is 11.4. The van der Waals surface area contributed by atoms with Crippen molar-refractivity contribution in [3.63, 3.8) is 0 Å². The summed E-state index contributed by atoms with van der Waals surface area (Å²) in [6.45, 7) is 3.32. The van der Waals surface area contributed by atoms with Crippen molar-refractivity contribution in [3.8, 4) is 22.8 Å². The number of benzene rings is 2. The summed E-state index contributed by atoms with van der Waals surface area (Å²) in [5.41, 5.74) is 4.64. The van der Waals surface area contributed by atoms with Gasteiger partial charge in [-0.2, -0.15) is 10.2 Å². The molecule has 2 aliphatic rings. The maximum Gasteiger partial charge on any atom is 0.161 e. The summed E-state index contributed by atoms with van der Waals surface area (Å²) in [7, 11) is 0. The Kier molecular flexibility index (Phi) is 4.67. The predicted molar refractivity (Wildman–Crippen MR) is 107 cm³/mol. The number of hydrogen-bond acceptors (Lipinski definition) is 5. The van der Waals surface area contributed by atoms with Crippen LogP contribution in [0.1, 0.15) is 30.0 Å². The second-order valence-electron chi connectivity index (χ2n) is 7.34. The fraction of sp³-hybridized carbons (Fsp3) is 0.304. The van der Waals surface area contributed by atoms with E-state index in [1.54, 1.807) is 6.20 Å². The Hall–Kier alpha value is -2.92. The van der Waals surface area contributed by atoms with Crippen LogP contribution in [0.5, 0.6) is 11.5 Å². The molecule has 0 saturated carbocycles. The molecule has 1 aromatic heterocycles. The van der Waals surface area contributed by atoms with Crippen LogP contribution in [-0.2, 0) is 6.54 Å². The number of ether oxygens (including phenoxy) is 2. The van der Waals surface area contributed by atoms with E-state index in [4.69, 9.17) is 9.47 Å². The molecule has 142 valence electrons. The largest absolute Gasteiger partial charge is 0.486 e. The highest BCUT2D eigenvalue weighted by Crippen LogP contribution is 2.38. The SMILES string of the molecule is c1cnnc(-c2ccc(CN3CCC[C@@H]3c3ccc4c(c3)OCCO4)cc2)c1. The molecule has 5 heteroatoms. The van der Waals surface area contributed by atoms with Crippen molar-refractivity contribution in [3.05, 3.63) is 71.9 Å². The smallest absolute Gasteiger partial charge is 0.161 e. The zero-order valence-corrected chi connectivity index (χ0v) is 15.8. The van der Waals surface area contributed by atoms with Crippen LogP contribution < -0.4 is 9.47 Å². The lowest BCUT2D eigenvalue weighted by Crippen LogP contribution is -2.23. The minimum absolute atomic E-state index is 0.426. The Bertz CT molecular complexity index is 944. The normalized spacial score (nSPS) is 18.9. The predicted octanol–water partition coefficient (Wildman–Crippen LogP) is 4.25. The Morgan fingerprint density at radius 1 is 0.964 bits per heavy atom. The van der Waals surface area contributed by atoms with E-state index in [1.807, 2.05) is 12.1 Å². The minimum atomic E-state index is 0.426. The highest BCUT2D eigenvalue weighted by molar-refractivity contribution is 5.58. The summed E-state index contributed by atoms with van der Waals surface area (Å²) in [4.78, 5) is 2.56. The minimum Gasteiger partial charge on any atom is -0.486 e. The van der Waals surface area contributed by atoms with Gasteiger partial charge in [-0.1, -0.05) is 30.3 Å². The van der Waals surface area contributed by atoms with E-state index < -0.39 is 0 Å². The Morgan fingerprint density at radius 3 is 2.64 bits per heavy atom. The van der Waals surface area contributed by atoms with Gasteiger partial charge in [0.1, 0.15) is 13.2 Å². The first kappa shape index (κ1) is 17.2. The molecule has 2 aliphatic heterocycles. The molecule has 28 heavy (non-hydrogen) atoms. The molecule has 0 aliphatic carbocycles. The van der Waals surface area contributed by atoms with Crippen LogP contribution in [0.15, 0.2) is 60.8 Å². The van der Waals surface area contributed by atoms with Gasteiger partial charge in [-0.05, 0) is 54.8 Å². The molecule has 0 bridgehead atoms. The fourth-order valence-electron chi connectivity index (χ4n) is 4.13. The highest BCUT2D eigenvalue weighted by Gasteiger charge is 2.27. The first-order valence-electron chi connectivity index (χ1n) is 9.87. The van der Waals surface area contributed by atoms with Crippen molar-refractivity contribution in [1.29, 1.82) is 0 Å². The first-order valence-corrected chi connectivity index (χ1v) is 9.87. The van der Waals surface area contributed by atoms with E-state index in [2.05, 4.69) is 57.6 Å². The monoisotopic (exact) mass is 373 g/mol. The van der Waals surface area contributed by atoms with E-state index in [-0.39, 0.29) is 0 Å². The molecule has 1 atom stereocenters. The van der Waals surface area contributed by atoms with E-state index in [9.17, 15) is 0 Å². The third-order valence-corrected chi connectivity index (χ3v) is 5.52. The molecule has 1 saturated heterocycles. The quantitative estimate of drug-likeness (QED) is 0.684. The zero-order chi connectivity index (χ0) is 18.8. The number of fused-ring (bicyclic) bond motifs is 1. The van der Waals surface area contributed by atoms with Gasteiger partial charge in [0.25, 0.3) is 0 Å². The molecule has 0 N–H and O–H groups in total.